The molecule has 0 saturated heterocycles. The van der Waals surface area contributed by atoms with E-state index in [1.54, 1.807) is 12.1 Å². The molecule has 2 aromatic rings. The average molecular weight is 234 g/mol. The van der Waals surface area contributed by atoms with Gasteiger partial charge in [-0.2, -0.15) is 8.78 Å². The largest absolute Gasteiger partial charge is 0.435 e. The second-order valence-corrected chi connectivity index (χ2v) is 2.99. The standard InChI is InChI=1S/C9H6ClF2NO2/c10-4-7-13-5-2-1-3-6(8(5)15-7)14-9(11)12/h1-3,9H,4H2. The quantitative estimate of drug-likeness (QED) is 0.764. The number of hydrogen-bond donors (Lipinski definition) is 0. The molecular formula is C9H6ClF2NO2. The first-order valence-electron chi connectivity index (χ1n) is 4.10. The molecule has 80 valence electrons. The maximum absolute atomic E-state index is 12.0. The third-order valence-corrected chi connectivity index (χ3v) is 1.98. The van der Waals surface area contributed by atoms with Crippen LogP contribution < -0.4 is 4.74 Å². The summed E-state index contributed by atoms with van der Waals surface area (Å²) >= 11 is 5.51. The predicted molar refractivity (Wildman–Crippen MR) is 50.2 cm³/mol. The summed E-state index contributed by atoms with van der Waals surface area (Å²) < 4.78 is 33.5. The Balaban J connectivity index is 2.49. The highest BCUT2D eigenvalue weighted by Gasteiger charge is 2.13. The second kappa shape index (κ2) is 4.02. The number of benzene rings is 1. The molecule has 0 fully saturated rings. The molecule has 2 rings (SSSR count). The maximum Gasteiger partial charge on any atom is 0.387 e. The van der Waals surface area contributed by atoms with Crippen molar-refractivity contribution in [3.05, 3.63) is 24.1 Å². The van der Waals surface area contributed by atoms with Crippen molar-refractivity contribution >= 4 is 22.7 Å². The normalized spacial score (nSPS) is 11.2. The highest BCUT2D eigenvalue weighted by Crippen LogP contribution is 2.27. The molecule has 0 aliphatic heterocycles. The first-order chi connectivity index (χ1) is 7.20. The van der Waals surface area contributed by atoms with Gasteiger partial charge in [0.2, 0.25) is 5.89 Å². The van der Waals surface area contributed by atoms with E-state index in [1.807, 2.05) is 0 Å². The molecule has 0 atom stereocenters. The monoisotopic (exact) mass is 233 g/mol. The first kappa shape index (κ1) is 10.2. The summed E-state index contributed by atoms with van der Waals surface area (Å²) in [4.78, 5) is 3.98. The number of halogens is 3. The summed E-state index contributed by atoms with van der Waals surface area (Å²) in [7, 11) is 0. The van der Waals surface area contributed by atoms with E-state index in [2.05, 4.69) is 9.72 Å². The number of aromatic nitrogens is 1. The minimum atomic E-state index is -2.89. The number of hydrogen-bond acceptors (Lipinski definition) is 3. The Labute approximate surface area is 88.6 Å². The van der Waals surface area contributed by atoms with Gasteiger partial charge >= 0.3 is 6.61 Å². The summed E-state index contributed by atoms with van der Waals surface area (Å²) in [6, 6.07) is 4.57. The molecule has 0 unspecified atom stereocenters. The van der Waals surface area contributed by atoms with E-state index in [1.165, 1.54) is 6.07 Å². The minimum absolute atomic E-state index is 0.0358. The topological polar surface area (TPSA) is 35.3 Å². The van der Waals surface area contributed by atoms with Gasteiger partial charge in [-0.15, -0.1) is 11.6 Å². The zero-order chi connectivity index (χ0) is 10.8. The fraction of sp³-hybridized carbons (Fsp3) is 0.222. The predicted octanol–water partition coefficient (Wildman–Crippen LogP) is 3.17. The van der Waals surface area contributed by atoms with Crippen molar-refractivity contribution in [1.82, 2.24) is 4.98 Å². The SMILES string of the molecule is FC(F)Oc1cccc2nc(CCl)oc12. The van der Waals surface area contributed by atoms with Crippen LogP contribution in [-0.2, 0) is 5.88 Å². The highest BCUT2D eigenvalue weighted by molar-refractivity contribution is 6.16. The van der Waals surface area contributed by atoms with E-state index in [0.29, 0.717) is 5.52 Å². The van der Waals surface area contributed by atoms with Gasteiger partial charge in [0.15, 0.2) is 11.3 Å². The lowest BCUT2D eigenvalue weighted by Gasteiger charge is -2.02. The van der Waals surface area contributed by atoms with Crippen LogP contribution in [0.5, 0.6) is 5.75 Å². The van der Waals surface area contributed by atoms with E-state index in [4.69, 9.17) is 16.0 Å². The molecule has 1 aromatic heterocycles. The molecule has 1 heterocycles. The smallest absolute Gasteiger partial charge is 0.387 e. The van der Waals surface area contributed by atoms with Crippen molar-refractivity contribution in [3.63, 3.8) is 0 Å². The number of fused-ring (bicyclic) bond motifs is 1. The summed E-state index contributed by atoms with van der Waals surface area (Å²) in [5.74, 6) is 0.325. The Hall–Kier alpha value is -1.36. The number of para-hydroxylation sites is 1. The van der Waals surface area contributed by atoms with E-state index >= 15 is 0 Å². The molecule has 0 spiro atoms. The van der Waals surface area contributed by atoms with Crippen molar-refractivity contribution in [2.45, 2.75) is 12.5 Å². The third-order valence-electron chi connectivity index (χ3n) is 1.75. The molecule has 0 aliphatic rings. The van der Waals surface area contributed by atoms with Gasteiger partial charge in [0.05, 0.1) is 5.88 Å². The zero-order valence-electron chi connectivity index (χ0n) is 7.41. The lowest BCUT2D eigenvalue weighted by Crippen LogP contribution is -2.01. The molecule has 0 radical (unpaired) electrons. The molecule has 3 nitrogen and oxygen atoms in total. The average Bonchev–Trinajstić information content (AvgIpc) is 2.61. The van der Waals surface area contributed by atoms with Gasteiger partial charge in [0, 0.05) is 0 Å². The van der Waals surface area contributed by atoms with Crippen LogP contribution in [0.2, 0.25) is 0 Å². The third kappa shape index (κ3) is 2.02. The van der Waals surface area contributed by atoms with Crippen molar-refractivity contribution in [2.24, 2.45) is 0 Å². The van der Waals surface area contributed by atoms with Crippen LogP contribution in [0.1, 0.15) is 5.89 Å². The van der Waals surface area contributed by atoms with E-state index in [-0.39, 0.29) is 23.1 Å². The van der Waals surface area contributed by atoms with Crippen LogP contribution in [0.15, 0.2) is 22.6 Å². The summed E-state index contributed by atoms with van der Waals surface area (Å²) in [5.41, 5.74) is 0.636. The molecule has 0 bridgehead atoms. The number of nitrogens with zero attached hydrogens (tertiary/aromatic N) is 1. The minimum Gasteiger partial charge on any atom is -0.435 e. The van der Waals surface area contributed by atoms with Crippen LogP contribution in [0.4, 0.5) is 8.78 Å². The highest BCUT2D eigenvalue weighted by atomic mass is 35.5. The molecule has 1 aromatic carbocycles. The maximum atomic E-state index is 12.0. The fourth-order valence-corrected chi connectivity index (χ4v) is 1.33. The zero-order valence-corrected chi connectivity index (χ0v) is 8.17. The van der Waals surface area contributed by atoms with Gasteiger partial charge in [-0.05, 0) is 12.1 Å². The molecular weight excluding hydrogens is 228 g/mol. The van der Waals surface area contributed by atoms with Gasteiger partial charge in [-0.1, -0.05) is 6.07 Å². The van der Waals surface area contributed by atoms with Gasteiger partial charge in [-0.3, -0.25) is 0 Å². The Morgan fingerprint density at radius 3 is 2.93 bits per heavy atom. The molecule has 0 aliphatic carbocycles. The second-order valence-electron chi connectivity index (χ2n) is 2.72. The van der Waals surface area contributed by atoms with E-state index < -0.39 is 6.61 Å². The van der Waals surface area contributed by atoms with E-state index in [0.717, 1.165) is 0 Å². The van der Waals surface area contributed by atoms with Gasteiger partial charge in [0.25, 0.3) is 0 Å². The van der Waals surface area contributed by atoms with Gasteiger partial charge < -0.3 is 9.15 Å². The first-order valence-corrected chi connectivity index (χ1v) is 4.63. The van der Waals surface area contributed by atoms with Crippen molar-refractivity contribution in [3.8, 4) is 5.75 Å². The van der Waals surface area contributed by atoms with E-state index in [9.17, 15) is 8.78 Å². The van der Waals surface area contributed by atoms with Crippen LogP contribution in [0, 0.1) is 0 Å². The molecule has 15 heavy (non-hydrogen) atoms. The molecule has 0 amide bonds. The summed E-state index contributed by atoms with van der Waals surface area (Å²) in [6.07, 6.45) is 0. The van der Waals surface area contributed by atoms with Crippen LogP contribution in [-0.4, -0.2) is 11.6 Å². The Kier molecular flexibility index (Phi) is 2.73. The molecule has 6 heteroatoms. The summed E-state index contributed by atoms with van der Waals surface area (Å²) in [5, 5.41) is 0. The van der Waals surface area contributed by atoms with Crippen LogP contribution >= 0.6 is 11.6 Å². The fourth-order valence-electron chi connectivity index (χ4n) is 1.22. The number of oxazole rings is 1. The Morgan fingerprint density at radius 2 is 2.27 bits per heavy atom. The number of ether oxygens (including phenoxy) is 1. The number of alkyl halides is 3. The van der Waals surface area contributed by atoms with Crippen LogP contribution in [0.3, 0.4) is 0 Å². The van der Waals surface area contributed by atoms with Crippen molar-refractivity contribution in [1.29, 1.82) is 0 Å². The van der Waals surface area contributed by atoms with Crippen molar-refractivity contribution < 1.29 is 17.9 Å². The van der Waals surface area contributed by atoms with Gasteiger partial charge in [-0.25, -0.2) is 4.98 Å². The van der Waals surface area contributed by atoms with Crippen LogP contribution in [0.25, 0.3) is 11.1 Å². The molecule has 0 saturated carbocycles. The van der Waals surface area contributed by atoms with Gasteiger partial charge in [0.1, 0.15) is 5.52 Å². The Morgan fingerprint density at radius 1 is 1.47 bits per heavy atom. The lowest BCUT2D eigenvalue weighted by atomic mass is 10.3. The molecule has 0 N–H and O–H groups in total. The summed E-state index contributed by atoms with van der Waals surface area (Å²) in [6.45, 7) is -2.89. The Bertz CT molecular complexity index is 472. The van der Waals surface area contributed by atoms with Crippen molar-refractivity contribution in [2.75, 3.05) is 0 Å². The number of rotatable bonds is 3. The lowest BCUT2D eigenvalue weighted by molar-refractivity contribution is -0.0494.